The number of carbonyl (C=O) groups is 1. The number of methoxy groups -OCH3 is 3. The average molecular weight is 456 g/mol. The van der Waals surface area contributed by atoms with E-state index in [9.17, 15) is 9.59 Å². The van der Waals surface area contributed by atoms with Crippen LogP contribution in [0.5, 0.6) is 23.0 Å². The maximum atomic E-state index is 12.8. The Kier molecular flexibility index (Phi) is 8.12. The summed E-state index contributed by atoms with van der Waals surface area (Å²) in [4.78, 5) is 31.2. The standard InChI is InChI=1S/C24H29N3O6/c1-26(12-13-33-18-9-7-17(30-2)8-10-18)23(28)6-5-11-27-16-25-20-15-22(32-4)21(31-3)14-19(20)24(27)29/h7-10,14-16H,5-6,11-13H2,1-4H3. The largest absolute Gasteiger partial charge is 0.497 e. The van der Waals surface area contributed by atoms with Crippen molar-refractivity contribution in [1.82, 2.24) is 14.5 Å². The number of aryl methyl sites for hydroxylation is 1. The minimum Gasteiger partial charge on any atom is -0.497 e. The van der Waals surface area contributed by atoms with Crippen molar-refractivity contribution in [3.05, 3.63) is 53.1 Å². The maximum Gasteiger partial charge on any atom is 0.261 e. The van der Waals surface area contributed by atoms with E-state index in [0.717, 1.165) is 5.75 Å². The number of nitrogens with zero attached hydrogens (tertiary/aromatic N) is 3. The predicted molar refractivity (Wildman–Crippen MR) is 124 cm³/mol. The highest BCUT2D eigenvalue weighted by Crippen LogP contribution is 2.29. The molecule has 9 nitrogen and oxygen atoms in total. The van der Waals surface area contributed by atoms with Gasteiger partial charge in [0.1, 0.15) is 18.1 Å². The Morgan fingerprint density at radius 1 is 1.00 bits per heavy atom. The molecule has 0 aliphatic carbocycles. The van der Waals surface area contributed by atoms with Crippen LogP contribution in [0.15, 0.2) is 47.5 Å². The van der Waals surface area contributed by atoms with Crippen molar-refractivity contribution in [1.29, 1.82) is 0 Å². The third-order valence-electron chi connectivity index (χ3n) is 5.30. The first-order valence-electron chi connectivity index (χ1n) is 10.6. The van der Waals surface area contributed by atoms with Crippen molar-refractivity contribution < 1.29 is 23.7 Å². The lowest BCUT2D eigenvalue weighted by atomic mass is 10.2. The summed E-state index contributed by atoms with van der Waals surface area (Å²) < 4.78 is 22.8. The highest BCUT2D eigenvalue weighted by Gasteiger charge is 2.12. The summed E-state index contributed by atoms with van der Waals surface area (Å²) in [6.07, 6.45) is 2.33. The van der Waals surface area contributed by atoms with Crippen LogP contribution in [0.3, 0.4) is 0 Å². The van der Waals surface area contributed by atoms with Crippen molar-refractivity contribution >= 4 is 16.8 Å². The number of rotatable bonds is 11. The lowest BCUT2D eigenvalue weighted by Crippen LogP contribution is -2.31. The summed E-state index contributed by atoms with van der Waals surface area (Å²) in [6.45, 7) is 1.23. The molecule has 33 heavy (non-hydrogen) atoms. The lowest BCUT2D eigenvalue weighted by Gasteiger charge is -2.18. The second-order valence-electron chi connectivity index (χ2n) is 7.41. The number of ether oxygens (including phenoxy) is 4. The summed E-state index contributed by atoms with van der Waals surface area (Å²) in [5, 5.41) is 0.439. The van der Waals surface area contributed by atoms with Gasteiger partial charge in [0.05, 0.1) is 45.1 Å². The smallest absolute Gasteiger partial charge is 0.261 e. The van der Waals surface area contributed by atoms with Gasteiger partial charge in [0.15, 0.2) is 11.5 Å². The molecule has 0 radical (unpaired) electrons. The Morgan fingerprint density at radius 3 is 2.33 bits per heavy atom. The van der Waals surface area contributed by atoms with Gasteiger partial charge in [-0.1, -0.05) is 0 Å². The number of amides is 1. The molecule has 176 valence electrons. The molecular weight excluding hydrogens is 426 g/mol. The third kappa shape index (κ3) is 5.94. The molecule has 0 fully saturated rings. The quantitative estimate of drug-likeness (QED) is 0.439. The summed E-state index contributed by atoms with van der Waals surface area (Å²) in [5.41, 5.74) is 0.344. The SMILES string of the molecule is COc1ccc(OCCN(C)C(=O)CCCn2cnc3cc(OC)c(OC)cc3c2=O)cc1. The average Bonchev–Trinajstić information content (AvgIpc) is 2.84. The van der Waals surface area contributed by atoms with Gasteiger partial charge in [0.2, 0.25) is 5.91 Å². The molecule has 9 heteroatoms. The summed E-state index contributed by atoms with van der Waals surface area (Å²) in [5.74, 6) is 2.44. The van der Waals surface area contributed by atoms with Crippen LogP contribution >= 0.6 is 0 Å². The van der Waals surface area contributed by atoms with E-state index in [1.54, 1.807) is 31.2 Å². The monoisotopic (exact) mass is 455 g/mol. The first kappa shape index (κ1) is 23.9. The number of fused-ring (bicyclic) bond motifs is 1. The fourth-order valence-corrected chi connectivity index (χ4v) is 3.33. The molecule has 3 aromatic rings. The first-order chi connectivity index (χ1) is 16.0. The minimum absolute atomic E-state index is 0.0125. The van der Waals surface area contributed by atoms with E-state index in [1.807, 2.05) is 24.3 Å². The van der Waals surface area contributed by atoms with E-state index >= 15 is 0 Å². The fraction of sp³-hybridized carbons (Fsp3) is 0.375. The molecule has 0 spiro atoms. The van der Waals surface area contributed by atoms with Gasteiger partial charge in [-0.2, -0.15) is 0 Å². The number of benzene rings is 2. The van der Waals surface area contributed by atoms with Gasteiger partial charge in [-0.3, -0.25) is 14.2 Å². The predicted octanol–water partition coefficient (Wildman–Crippen LogP) is 2.74. The maximum absolute atomic E-state index is 12.8. The van der Waals surface area contributed by atoms with Crippen molar-refractivity contribution in [3.8, 4) is 23.0 Å². The number of hydrogen-bond acceptors (Lipinski definition) is 7. The third-order valence-corrected chi connectivity index (χ3v) is 5.30. The van der Waals surface area contributed by atoms with E-state index in [-0.39, 0.29) is 11.5 Å². The highest BCUT2D eigenvalue weighted by molar-refractivity contribution is 5.81. The van der Waals surface area contributed by atoms with Crippen molar-refractivity contribution in [3.63, 3.8) is 0 Å². The van der Waals surface area contributed by atoms with Crippen LogP contribution in [0.4, 0.5) is 0 Å². The van der Waals surface area contributed by atoms with Gasteiger partial charge in [-0.25, -0.2) is 4.98 Å². The van der Waals surface area contributed by atoms with Crippen LogP contribution in [0.1, 0.15) is 12.8 Å². The molecule has 0 atom stereocenters. The van der Waals surface area contributed by atoms with Crippen LogP contribution in [-0.2, 0) is 11.3 Å². The lowest BCUT2D eigenvalue weighted by molar-refractivity contribution is -0.130. The van der Waals surface area contributed by atoms with Gasteiger partial charge in [0, 0.05) is 26.1 Å². The number of hydrogen-bond donors (Lipinski definition) is 0. The molecular formula is C24H29N3O6. The Morgan fingerprint density at radius 2 is 1.67 bits per heavy atom. The summed E-state index contributed by atoms with van der Waals surface area (Å²) >= 11 is 0. The molecule has 1 amide bonds. The molecule has 0 aliphatic rings. The number of likely N-dealkylation sites (N-methyl/N-ethyl adjacent to an activating group) is 1. The van der Waals surface area contributed by atoms with Gasteiger partial charge in [-0.15, -0.1) is 0 Å². The highest BCUT2D eigenvalue weighted by atomic mass is 16.5. The molecule has 0 saturated carbocycles. The van der Waals surface area contributed by atoms with E-state index in [2.05, 4.69) is 4.98 Å². The molecule has 0 N–H and O–H groups in total. The second kappa shape index (κ2) is 11.2. The Labute approximate surface area is 192 Å². The van der Waals surface area contributed by atoms with Crippen molar-refractivity contribution in [2.24, 2.45) is 0 Å². The van der Waals surface area contributed by atoms with E-state index < -0.39 is 0 Å². The van der Waals surface area contributed by atoms with Crippen LogP contribution < -0.4 is 24.5 Å². The number of aromatic nitrogens is 2. The van der Waals surface area contributed by atoms with Gasteiger partial charge in [-0.05, 0) is 36.8 Å². The minimum atomic E-state index is -0.186. The van der Waals surface area contributed by atoms with Crippen molar-refractivity contribution in [2.75, 3.05) is 41.5 Å². The van der Waals surface area contributed by atoms with E-state index in [1.165, 1.54) is 25.1 Å². The fourth-order valence-electron chi connectivity index (χ4n) is 3.33. The topological polar surface area (TPSA) is 92.1 Å². The normalized spacial score (nSPS) is 10.7. The van der Waals surface area contributed by atoms with Crippen molar-refractivity contribution in [2.45, 2.75) is 19.4 Å². The molecule has 2 aromatic carbocycles. The first-order valence-corrected chi connectivity index (χ1v) is 10.6. The van der Waals surface area contributed by atoms with E-state index in [0.29, 0.717) is 60.7 Å². The van der Waals surface area contributed by atoms with E-state index in [4.69, 9.17) is 18.9 Å². The van der Waals surface area contributed by atoms with Crippen LogP contribution in [-0.4, -0.2) is 61.9 Å². The van der Waals surface area contributed by atoms with Gasteiger partial charge < -0.3 is 23.8 Å². The van der Waals surface area contributed by atoms with Gasteiger partial charge >= 0.3 is 0 Å². The van der Waals surface area contributed by atoms with Gasteiger partial charge in [0.25, 0.3) is 5.56 Å². The van der Waals surface area contributed by atoms with Crippen LogP contribution in [0, 0.1) is 0 Å². The molecule has 0 aliphatic heterocycles. The summed E-state index contributed by atoms with van der Waals surface area (Å²) in [6, 6.07) is 10.6. The Bertz CT molecular complexity index is 1140. The number of carbonyl (C=O) groups excluding carboxylic acids is 1. The second-order valence-corrected chi connectivity index (χ2v) is 7.41. The molecule has 3 rings (SSSR count). The zero-order valence-electron chi connectivity index (χ0n) is 19.4. The van der Waals surface area contributed by atoms with Crippen LogP contribution in [0.25, 0.3) is 10.9 Å². The molecule has 1 aromatic heterocycles. The Balaban J connectivity index is 1.50. The summed E-state index contributed by atoms with van der Waals surface area (Å²) in [7, 11) is 6.40. The molecule has 0 unspecified atom stereocenters. The zero-order chi connectivity index (χ0) is 23.8. The molecule has 0 bridgehead atoms. The van der Waals surface area contributed by atoms with Crippen LogP contribution in [0.2, 0.25) is 0 Å². The zero-order valence-corrected chi connectivity index (χ0v) is 19.4. The Hall–Kier alpha value is -3.75. The molecule has 0 saturated heterocycles. The molecule has 1 heterocycles.